The molecule has 2 bridgehead atoms. The number of rotatable bonds is 8. The lowest BCUT2D eigenvalue weighted by molar-refractivity contribution is -0.578. The van der Waals surface area contributed by atoms with Crippen molar-refractivity contribution in [1.82, 2.24) is 0 Å². The molecule has 1 spiro atoms. The van der Waals surface area contributed by atoms with Crippen molar-refractivity contribution in [2.75, 3.05) is 0 Å². The summed E-state index contributed by atoms with van der Waals surface area (Å²) in [5.41, 5.74) is -0.660. The van der Waals surface area contributed by atoms with Crippen LogP contribution in [0.5, 0.6) is 0 Å². The van der Waals surface area contributed by atoms with E-state index < -0.39 is 46.4 Å². The van der Waals surface area contributed by atoms with E-state index in [-0.39, 0.29) is 64.8 Å². The van der Waals surface area contributed by atoms with Crippen LogP contribution in [0.25, 0.3) is 0 Å². The van der Waals surface area contributed by atoms with Crippen LogP contribution >= 0.6 is 0 Å². The van der Waals surface area contributed by atoms with Crippen LogP contribution in [0.2, 0.25) is 0 Å². The van der Waals surface area contributed by atoms with Crippen molar-refractivity contribution in [2.45, 2.75) is 168 Å². The van der Waals surface area contributed by atoms with E-state index >= 15 is 0 Å². The zero-order chi connectivity index (χ0) is 36.3. The van der Waals surface area contributed by atoms with Crippen molar-refractivity contribution < 1.29 is 51.0 Å². The summed E-state index contributed by atoms with van der Waals surface area (Å²) in [6.45, 7) is 13.4. The Morgan fingerprint density at radius 1 is 0.882 bits per heavy atom. The number of ether oxygens (including phenoxy) is 3. The average molecular weight is 739 g/mol. The van der Waals surface area contributed by atoms with Gasteiger partial charge in [-0.1, -0.05) is 34.6 Å². The molecule has 0 aromatic heterocycles. The largest absolute Gasteiger partial charge is 0.481 e. The zero-order valence-corrected chi connectivity index (χ0v) is 32.3. The number of carbonyl (C=O) groups is 1. The van der Waals surface area contributed by atoms with Gasteiger partial charge in [-0.05, 0) is 142 Å². The summed E-state index contributed by atoms with van der Waals surface area (Å²) in [7, 11) is -4.66. The van der Waals surface area contributed by atoms with E-state index in [4.69, 9.17) is 28.2 Å². The van der Waals surface area contributed by atoms with Gasteiger partial charge >= 0.3 is 16.4 Å². The molecule has 0 radical (unpaired) electrons. The number of fused-ring (bicyclic) bond motifs is 7. The predicted octanol–water partition coefficient (Wildman–Crippen LogP) is 7.54. The Morgan fingerprint density at radius 2 is 1.59 bits per heavy atom. The highest BCUT2D eigenvalue weighted by atomic mass is 32.3. The second kappa shape index (κ2) is 12.8. The molecule has 9 rings (SSSR count). The Kier molecular flexibility index (Phi) is 9.34. The first kappa shape index (κ1) is 37.1. The third-order valence-electron chi connectivity index (χ3n) is 16.9. The molecule has 4 aliphatic heterocycles. The molecule has 51 heavy (non-hydrogen) atoms. The minimum Gasteiger partial charge on any atom is -0.481 e. The number of carboxylic acid groups (broad SMARTS) is 1. The second-order valence-corrected chi connectivity index (χ2v) is 20.3. The van der Waals surface area contributed by atoms with E-state index in [9.17, 15) is 22.9 Å². The van der Waals surface area contributed by atoms with Crippen molar-refractivity contribution in [3.8, 4) is 0 Å². The van der Waals surface area contributed by atoms with E-state index in [1.165, 1.54) is 0 Å². The second-order valence-electron chi connectivity index (χ2n) is 19.2. The summed E-state index contributed by atoms with van der Waals surface area (Å²) in [4.78, 5) is 23.7. The van der Waals surface area contributed by atoms with Gasteiger partial charge in [0.25, 0.3) is 0 Å². The Bertz CT molecular complexity index is 1460. The maximum atomic E-state index is 12.4. The average Bonchev–Trinajstić information content (AvgIpc) is 3.25. The van der Waals surface area contributed by atoms with Gasteiger partial charge < -0.3 is 19.3 Å². The van der Waals surface area contributed by atoms with Gasteiger partial charge in [0.05, 0.1) is 12.2 Å². The maximum Gasteiger partial charge on any atom is 0.397 e. The minimum absolute atomic E-state index is 0.00289. The first-order valence-corrected chi connectivity index (χ1v) is 21.6. The van der Waals surface area contributed by atoms with Crippen LogP contribution in [0.3, 0.4) is 0 Å². The molecule has 12 heteroatoms. The van der Waals surface area contributed by atoms with Gasteiger partial charge in [0.2, 0.25) is 5.79 Å². The summed E-state index contributed by atoms with van der Waals surface area (Å²) in [5.74, 6) is 0.823. The molecule has 9 aliphatic rings. The molecule has 5 aliphatic carbocycles. The molecule has 5 saturated carbocycles. The Morgan fingerprint density at radius 3 is 2.33 bits per heavy atom. The van der Waals surface area contributed by atoms with Crippen LogP contribution in [0.1, 0.15) is 131 Å². The number of aliphatic carboxylic acids is 1. The molecular formula is C39H62O11S. The van der Waals surface area contributed by atoms with Crippen molar-refractivity contribution >= 4 is 16.4 Å². The van der Waals surface area contributed by atoms with Crippen molar-refractivity contribution in [1.29, 1.82) is 0 Å². The molecule has 9 fully saturated rings. The van der Waals surface area contributed by atoms with E-state index in [0.29, 0.717) is 30.6 Å². The first-order valence-electron chi connectivity index (χ1n) is 20.2. The lowest BCUT2D eigenvalue weighted by Crippen LogP contribution is -2.70. The van der Waals surface area contributed by atoms with Gasteiger partial charge in [-0.2, -0.15) is 8.42 Å². The third-order valence-corrected chi connectivity index (χ3v) is 17.3. The Labute approximate surface area is 304 Å². The van der Waals surface area contributed by atoms with E-state index in [2.05, 4.69) is 34.6 Å². The molecule has 9 unspecified atom stereocenters. The minimum atomic E-state index is -4.66. The molecule has 2 N–H and O–H groups in total. The normalized spacial score (nSPS) is 54.0. The SMILES string of the molecule is C[C@H]1C(O[C@@H]2CC[C@@]3(C)C(C2)C[C@H](OS(=O)(=O)O)C2C3CC[C@@]3(C)C2CC[C@@H]3[C@H](C)CCC(=O)O)OC2OC3(C)CCC4[C@H](C)CCC1[C@@]24OO3. The quantitative estimate of drug-likeness (QED) is 0.145. The monoisotopic (exact) mass is 738 g/mol. The van der Waals surface area contributed by atoms with Gasteiger partial charge in [-0.25, -0.2) is 14.0 Å². The number of hydrogen-bond donors (Lipinski definition) is 2. The third kappa shape index (κ3) is 5.98. The van der Waals surface area contributed by atoms with Gasteiger partial charge in [0.1, 0.15) is 0 Å². The van der Waals surface area contributed by atoms with E-state index in [0.717, 1.165) is 70.6 Å². The zero-order valence-electron chi connectivity index (χ0n) is 31.5. The molecule has 0 amide bonds. The van der Waals surface area contributed by atoms with E-state index in [1.807, 2.05) is 6.92 Å². The summed E-state index contributed by atoms with van der Waals surface area (Å²) in [6.07, 6.45) is 10.3. The summed E-state index contributed by atoms with van der Waals surface area (Å²) in [6, 6.07) is 0. The number of carboxylic acids is 1. The smallest absolute Gasteiger partial charge is 0.397 e. The van der Waals surface area contributed by atoms with Crippen LogP contribution in [-0.4, -0.2) is 60.2 Å². The van der Waals surface area contributed by atoms with Gasteiger partial charge in [0.15, 0.2) is 18.2 Å². The van der Waals surface area contributed by atoms with Gasteiger partial charge in [-0.3, -0.25) is 9.35 Å². The fourth-order valence-electron chi connectivity index (χ4n) is 14.3. The number of hydrogen-bond acceptors (Lipinski definition) is 9. The molecule has 4 saturated heterocycles. The van der Waals surface area contributed by atoms with Gasteiger partial charge in [0, 0.05) is 24.7 Å². The predicted molar refractivity (Wildman–Crippen MR) is 185 cm³/mol. The Balaban J connectivity index is 1.01. The van der Waals surface area contributed by atoms with Crippen molar-refractivity contribution in [3.63, 3.8) is 0 Å². The van der Waals surface area contributed by atoms with Crippen molar-refractivity contribution in [3.05, 3.63) is 0 Å². The maximum absolute atomic E-state index is 12.4. The lowest BCUT2D eigenvalue weighted by Gasteiger charge is -2.63. The summed E-state index contributed by atoms with van der Waals surface area (Å²) in [5, 5.41) is 9.36. The molecule has 18 atom stereocenters. The van der Waals surface area contributed by atoms with Crippen LogP contribution < -0.4 is 0 Å². The van der Waals surface area contributed by atoms with Gasteiger partial charge in [-0.15, -0.1) is 0 Å². The highest BCUT2D eigenvalue weighted by Gasteiger charge is 2.70. The lowest BCUT2D eigenvalue weighted by atomic mass is 9.43. The molecule has 0 aromatic rings. The fraction of sp³-hybridized carbons (Fsp3) is 0.974. The van der Waals surface area contributed by atoms with Crippen LogP contribution in [0.15, 0.2) is 0 Å². The summed E-state index contributed by atoms with van der Waals surface area (Å²) >= 11 is 0. The standard InChI is InChI=1S/C39H62O11S/c1-21(8-12-32(40)41)26-10-11-29-33-30(14-17-37(26,29)5)36(4)16-13-25(19-24(36)20-31(33)48-51(42,43)44)45-34-23(3)28-9-7-22(2)27-15-18-38(6)47-35(46-34)39(27,28)50-49-38/h21-31,33-35H,7-20H2,1-6H3,(H,40,41)(H,42,43,44)/t21-,22-,23-,24?,25-,26-,27?,28?,29?,30?,31+,33?,34?,35?,36+,37-,38?,39-/m1/s1. The van der Waals surface area contributed by atoms with Crippen LogP contribution in [0.4, 0.5) is 0 Å². The topological polar surface area (TPSA) is 147 Å². The molecular weight excluding hydrogens is 676 g/mol. The molecule has 290 valence electrons. The van der Waals surface area contributed by atoms with E-state index in [1.54, 1.807) is 0 Å². The molecule has 11 nitrogen and oxygen atoms in total. The highest BCUT2D eigenvalue weighted by Crippen LogP contribution is 2.69. The van der Waals surface area contributed by atoms with Crippen LogP contribution in [-0.2, 0) is 43.4 Å². The molecule has 0 aromatic carbocycles. The first-order chi connectivity index (χ1) is 24.0. The fourth-order valence-corrected chi connectivity index (χ4v) is 14.8. The highest BCUT2D eigenvalue weighted by molar-refractivity contribution is 7.80. The molecule has 4 heterocycles. The van der Waals surface area contributed by atoms with Crippen LogP contribution in [0, 0.1) is 70.0 Å². The van der Waals surface area contributed by atoms with Crippen molar-refractivity contribution in [2.24, 2.45) is 70.0 Å². The summed E-state index contributed by atoms with van der Waals surface area (Å²) < 4.78 is 60.9. The Hall–Kier alpha value is -0.860.